The summed E-state index contributed by atoms with van der Waals surface area (Å²) in [7, 11) is 0. The summed E-state index contributed by atoms with van der Waals surface area (Å²) < 4.78 is 6.56. The number of anilines is 1. The average molecular weight is 467 g/mol. The van der Waals surface area contributed by atoms with Crippen molar-refractivity contribution in [3.8, 4) is 5.75 Å². The zero-order valence-corrected chi connectivity index (χ0v) is 17.7. The molecule has 1 aliphatic heterocycles. The Labute approximate surface area is 177 Å². The largest absolute Gasteiger partial charge is 0.479 e. The number of carbonyl (C=O) groups excluding carboxylic acids is 2. The number of para-hydroxylation sites is 1. The monoisotopic (exact) mass is 465 g/mol. The van der Waals surface area contributed by atoms with Gasteiger partial charge in [0.1, 0.15) is 11.6 Å². The molecule has 0 aliphatic carbocycles. The third-order valence-electron chi connectivity index (χ3n) is 4.64. The lowest BCUT2D eigenvalue weighted by Crippen LogP contribution is -2.46. The second kappa shape index (κ2) is 9.39. The molecule has 0 saturated carbocycles. The Morgan fingerprint density at radius 1 is 1.25 bits per heavy atom. The molecular weight excluding hydrogens is 446 g/mol. The Morgan fingerprint density at radius 3 is 2.61 bits per heavy atom. The zero-order valence-electron chi connectivity index (χ0n) is 15.4. The summed E-state index contributed by atoms with van der Waals surface area (Å²) in [6.07, 6.45) is 2.20. The van der Waals surface area contributed by atoms with Crippen molar-refractivity contribution in [2.45, 2.75) is 25.9 Å². The number of pyridine rings is 1. The predicted octanol–water partition coefficient (Wildman–Crippen LogP) is 4.14. The van der Waals surface area contributed by atoms with Gasteiger partial charge in [0.25, 0.3) is 5.91 Å². The molecule has 0 spiro atoms. The summed E-state index contributed by atoms with van der Waals surface area (Å²) in [5, 5.41) is 3.30. The van der Waals surface area contributed by atoms with Gasteiger partial charge in [-0.1, -0.05) is 23.7 Å². The smallest absolute Gasteiger partial charge is 0.263 e. The molecule has 1 aliphatic rings. The number of ether oxygens (including phenoxy) is 1. The maximum Gasteiger partial charge on any atom is 0.263 e. The number of nitrogens with one attached hydrogen (secondary N) is 1. The SMILES string of the molecule is CC(Oc1ccccc1Cl)C(=O)N1CCC(C(=O)Nc2ccc(Br)cn2)CC1. The van der Waals surface area contributed by atoms with Crippen molar-refractivity contribution in [1.82, 2.24) is 9.88 Å². The van der Waals surface area contributed by atoms with Crippen LogP contribution in [0.4, 0.5) is 5.82 Å². The minimum Gasteiger partial charge on any atom is -0.479 e. The van der Waals surface area contributed by atoms with Gasteiger partial charge in [-0.05, 0) is 60.0 Å². The number of piperidine rings is 1. The van der Waals surface area contributed by atoms with Gasteiger partial charge >= 0.3 is 0 Å². The van der Waals surface area contributed by atoms with E-state index >= 15 is 0 Å². The van der Waals surface area contributed by atoms with Crippen LogP contribution >= 0.6 is 27.5 Å². The van der Waals surface area contributed by atoms with Crippen LogP contribution in [0.1, 0.15) is 19.8 Å². The molecule has 2 aromatic rings. The van der Waals surface area contributed by atoms with Crippen molar-refractivity contribution in [1.29, 1.82) is 0 Å². The van der Waals surface area contributed by atoms with Crippen LogP contribution in [0, 0.1) is 5.92 Å². The van der Waals surface area contributed by atoms with Crippen LogP contribution < -0.4 is 10.1 Å². The first kappa shape index (κ1) is 20.6. The van der Waals surface area contributed by atoms with Gasteiger partial charge < -0.3 is 15.0 Å². The summed E-state index contributed by atoms with van der Waals surface area (Å²) in [5.41, 5.74) is 0. The Bertz CT molecular complexity index is 839. The molecule has 1 aromatic carbocycles. The molecule has 1 atom stereocenters. The summed E-state index contributed by atoms with van der Waals surface area (Å²) in [6.45, 7) is 2.74. The number of hydrogen-bond acceptors (Lipinski definition) is 4. The van der Waals surface area contributed by atoms with E-state index in [4.69, 9.17) is 16.3 Å². The van der Waals surface area contributed by atoms with E-state index in [9.17, 15) is 9.59 Å². The number of amides is 2. The molecule has 1 fully saturated rings. The van der Waals surface area contributed by atoms with Crippen molar-refractivity contribution in [2.24, 2.45) is 5.92 Å². The lowest BCUT2D eigenvalue weighted by Gasteiger charge is -2.33. The van der Waals surface area contributed by atoms with Crippen molar-refractivity contribution in [3.05, 3.63) is 52.1 Å². The molecule has 148 valence electrons. The predicted molar refractivity (Wildman–Crippen MR) is 111 cm³/mol. The Hall–Kier alpha value is -2.12. The highest BCUT2D eigenvalue weighted by atomic mass is 79.9. The van der Waals surface area contributed by atoms with E-state index in [0.717, 1.165) is 4.47 Å². The molecule has 28 heavy (non-hydrogen) atoms. The first-order valence-electron chi connectivity index (χ1n) is 9.06. The molecule has 3 rings (SSSR count). The second-order valence-electron chi connectivity index (χ2n) is 6.64. The van der Waals surface area contributed by atoms with E-state index < -0.39 is 6.10 Å². The van der Waals surface area contributed by atoms with Gasteiger partial charge in [0.05, 0.1) is 5.02 Å². The van der Waals surface area contributed by atoms with Crippen molar-refractivity contribution in [2.75, 3.05) is 18.4 Å². The first-order chi connectivity index (χ1) is 13.4. The first-order valence-corrected chi connectivity index (χ1v) is 10.2. The maximum absolute atomic E-state index is 12.7. The van der Waals surface area contributed by atoms with Crippen LogP contribution in [0.15, 0.2) is 47.1 Å². The van der Waals surface area contributed by atoms with E-state index in [1.54, 1.807) is 42.3 Å². The van der Waals surface area contributed by atoms with E-state index in [1.165, 1.54) is 0 Å². The zero-order chi connectivity index (χ0) is 20.1. The summed E-state index contributed by atoms with van der Waals surface area (Å²) in [4.78, 5) is 31.0. The highest BCUT2D eigenvalue weighted by Gasteiger charge is 2.30. The molecule has 1 saturated heterocycles. The highest BCUT2D eigenvalue weighted by Crippen LogP contribution is 2.25. The maximum atomic E-state index is 12.7. The molecule has 0 bridgehead atoms. The third kappa shape index (κ3) is 5.23. The van der Waals surface area contributed by atoms with Gasteiger partial charge in [-0.3, -0.25) is 9.59 Å². The van der Waals surface area contributed by atoms with Crippen LogP contribution in [0.2, 0.25) is 5.02 Å². The van der Waals surface area contributed by atoms with E-state index in [1.807, 2.05) is 12.1 Å². The fourth-order valence-corrected chi connectivity index (χ4v) is 3.49. The molecule has 2 heterocycles. The standard InChI is InChI=1S/C20H21BrClN3O3/c1-13(28-17-5-3-2-4-16(17)22)20(27)25-10-8-14(9-11-25)19(26)24-18-7-6-15(21)12-23-18/h2-7,12-14H,8-11H2,1H3,(H,23,24,26). The Kier molecular flexibility index (Phi) is 6.91. The van der Waals surface area contributed by atoms with Crippen LogP contribution in [0.25, 0.3) is 0 Å². The second-order valence-corrected chi connectivity index (χ2v) is 7.96. The van der Waals surface area contributed by atoms with E-state index in [0.29, 0.717) is 42.5 Å². The molecule has 8 heteroatoms. The topological polar surface area (TPSA) is 71.5 Å². The van der Waals surface area contributed by atoms with Gasteiger partial charge in [0, 0.05) is 29.7 Å². The Balaban J connectivity index is 1.50. The molecule has 1 aromatic heterocycles. The third-order valence-corrected chi connectivity index (χ3v) is 5.43. The molecule has 6 nitrogen and oxygen atoms in total. The van der Waals surface area contributed by atoms with Gasteiger partial charge in [-0.25, -0.2) is 4.98 Å². The van der Waals surface area contributed by atoms with Crippen LogP contribution in [-0.2, 0) is 9.59 Å². The number of rotatable bonds is 5. The van der Waals surface area contributed by atoms with E-state index in [-0.39, 0.29) is 17.7 Å². The summed E-state index contributed by atoms with van der Waals surface area (Å²) >= 11 is 9.40. The number of aromatic nitrogens is 1. The fraction of sp³-hybridized carbons (Fsp3) is 0.350. The lowest BCUT2D eigenvalue weighted by molar-refractivity contribution is -0.140. The normalized spacial score (nSPS) is 15.8. The number of nitrogens with zero attached hydrogens (tertiary/aromatic N) is 2. The van der Waals surface area contributed by atoms with Crippen molar-refractivity contribution >= 4 is 45.2 Å². The van der Waals surface area contributed by atoms with Gasteiger partial charge in [0.15, 0.2) is 6.10 Å². The van der Waals surface area contributed by atoms with Crippen molar-refractivity contribution in [3.63, 3.8) is 0 Å². The number of halogens is 2. The molecule has 1 N–H and O–H groups in total. The van der Waals surface area contributed by atoms with Crippen LogP contribution in [0.3, 0.4) is 0 Å². The molecular formula is C20H21BrClN3O3. The van der Waals surface area contributed by atoms with Gasteiger partial charge in [-0.15, -0.1) is 0 Å². The van der Waals surface area contributed by atoms with Gasteiger partial charge in [0.2, 0.25) is 5.91 Å². The Morgan fingerprint density at radius 2 is 1.96 bits per heavy atom. The van der Waals surface area contributed by atoms with Gasteiger partial charge in [-0.2, -0.15) is 0 Å². The highest BCUT2D eigenvalue weighted by molar-refractivity contribution is 9.10. The lowest BCUT2D eigenvalue weighted by atomic mass is 9.95. The fourth-order valence-electron chi connectivity index (χ4n) is 3.08. The average Bonchev–Trinajstić information content (AvgIpc) is 2.71. The number of carbonyl (C=O) groups is 2. The van der Waals surface area contributed by atoms with Crippen molar-refractivity contribution < 1.29 is 14.3 Å². The summed E-state index contributed by atoms with van der Waals surface area (Å²) in [6, 6.07) is 10.6. The van der Waals surface area contributed by atoms with Crippen LogP contribution in [0.5, 0.6) is 5.75 Å². The van der Waals surface area contributed by atoms with E-state index in [2.05, 4.69) is 26.2 Å². The number of hydrogen-bond donors (Lipinski definition) is 1. The number of benzene rings is 1. The number of likely N-dealkylation sites (tertiary alicyclic amines) is 1. The quantitative estimate of drug-likeness (QED) is 0.719. The molecule has 0 radical (unpaired) electrons. The minimum atomic E-state index is -0.641. The molecule has 1 unspecified atom stereocenters. The molecule has 2 amide bonds. The van der Waals surface area contributed by atoms with Crippen LogP contribution in [-0.4, -0.2) is 40.9 Å². The summed E-state index contributed by atoms with van der Waals surface area (Å²) in [5.74, 6) is 0.694. The minimum absolute atomic E-state index is 0.0673.